The summed E-state index contributed by atoms with van der Waals surface area (Å²) in [5.41, 5.74) is -0.857. The van der Waals surface area contributed by atoms with Crippen molar-refractivity contribution in [3.63, 3.8) is 0 Å². The molecule has 5 rings (SSSR count). The normalized spacial score (nSPS) is 22.5. The molecule has 0 amide bonds. The van der Waals surface area contributed by atoms with Gasteiger partial charge in [-0.15, -0.1) is 0 Å². The monoisotopic (exact) mass is 638 g/mol. The highest BCUT2D eigenvalue weighted by atomic mass is 19.3. The Bertz CT molecular complexity index is 1450. The Kier molecular flexibility index (Phi) is 10.6. The minimum atomic E-state index is -3.88. The van der Waals surface area contributed by atoms with Crippen LogP contribution in [0.2, 0.25) is 0 Å². The zero-order valence-corrected chi connectivity index (χ0v) is 25.3. The summed E-state index contributed by atoms with van der Waals surface area (Å²) >= 11 is 0. The fourth-order valence-electron chi connectivity index (χ4n) is 7.07. The first-order valence-electron chi connectivity index (χ1n) is 16.0. The summed E-state index contributed by atoms with van der Waals surface area (Å²) in [6.45, 7) is 2.18. The van der Waals surface area contributed by atoms with Crippen LogP contribution in [0.4, 0.5) is 35.1 Å². The first-order chi connectivity index (χ1) is 21.5. The van der Waals surface area contributed by atoms with Crippen LogP contribution in [-0.2, 0) is 10.8 Å². The maximum Gasteiger partial charge on any atom is 0.383 e. The third-order valence-electron chi connectivity index (χ3n) is 9.67. The van der Waals surface area contributed by atoms with E-state index in [1.54, 1.807) is 12.1 Å². The number of hydrogen-bond acceptors (Lipinski definition) is 1. The molecule has 9 heteroatoms. The molecular weight excluding hydrogens is 600 g/mol. The van der Waals surface area contributed by atoms with E-state index in [2.05, 4.69) is 6.92 Å². The molecule has 0 N–H and O–H groups in total. The van der Waals surface area contributed by atoms with Gasteiger partial charge in [0, 0.05) is 5.56 Å². The molecule has 3 aromatic carbocycles. The van der Waals surface area contributed by atoms with Gasteiger partial charge in [-0.1, -0.05) is 50.8 Å². The summed E-state index contributed by atoms with van der Waals surface area (Å²) in [5.74, 6) is -7.33. The SMILES string of the molecule is CCCCCC1CCC(c2ccc(C3CCC(OC(F)(F)c4ccc(-c5cc(F)c(F)c(F)c5)c(F)c4)CC3)c(F)c2F)CC1. The molecule has 0 bridgehead atoms. The molecule has 2 aliphatic carbocycles. The lowest BCUT2D eigenvalue weighted by Crippen LogP contribution is -2.29. The van der Waals surface area contributed by atoms with E-state index in [1.165, 1.54) is 25.7 Å². The molecule has 0 saturated heterocycles. The van der Waals surface area contributed by atoms with Gasteiger partial charge in [-0.25, -0.2) is 26.3 Å². The molecule has 3 aromatic rings. The van der Waals surface area contributed by atoms with Gasteiger partial charge in [-0.2, -0.15) is 8.78 Å². The third kappa shape index (κ3) is 7.55. The fourth-order valence-corrected chi connectivity index (χ4v) is 7.07. The second kappa shape index (κ2) is 14.2. The van der Waals surface area contributed by atoms with Crippen molar-refractivity contribution in [1.82, 2.24) is 0 Å². The average molecular weight is 639 g/mol. The van der Waals surface area contributed by atoms with Crippen LogP contribution in [0, 0.1) is 40.8 Å². The van der Waals surface area contributed by atoms with E-state index in [0.29, 0.717) is 42.5 Å². The number of benzene rings is 3. The van der Waals surface area contributed by atoms with Crippen molar-refractivity contribution in [3.8, 4) is 11.1 Å². The van der Waals surface area contributed by atoms with Crippen molar-refractivity contribution in [2.75, 3.05) is 0 Å². The molecule has 0 aliphatic heterocycles. The zero-order valence-electron chi connectivity index (χ0n) is 25.3. The summed E-state index contributed by atoms with van der Waals surface area (Å²) in [7, 11) is 0. The summed E-state index contributed by atoms with van der Waals surface area (Å²) in [6, 6.07) is 6.80. The van der Waals surface area contributed by atoms with Gasteiger partial charge in [-0.3, -0.25) is 0 Å². The van der Waals surface area contributed by atoms with Crippen LogP contribution in [-0.4, -0.2) is 6.10 Å². The van der Waals surface area contributed by atoms with Crippen LogP contribution < -0.4 is 0 Å². The number of halogens is 8. The average Bonchev–Trinajstić information content (AvgIpc) is 3.02. The van der Waals surface area contributed by atoms with Gasteiger partial charge >= 0.3 is 6.11 Å². The lowest BCUT2D eigenvalue weighted by Gasteiger charge is -2.32. The summed E-state index contributed by atoms with van der Waals surface area (Å²) in [4.78, 5) is 0. The molecule has 0 spiro atoms. The second-order valence-corrected chi connectivity index (χ2v) is 12.6. The van der Waals surface area contributed by atoms with E-state index >= 15 is 17.6 Å². The van der Waals surface area contributed by atoms with Crippen LogP contribution in [0.5, 0.6) is 0 Å². The van der Waals surface area contributed by atoms with Gasteiger partial charge in [-0.05, 0) is 110 Å². The van der Waals surface area contributed by atoms with Crippen LogP contribution in [0.3, 0.4) is 0 Å². The van der Waals surface area contributed by atoms with E-state index < -0.39 is 52.7 Å². The Morgan fingerprint density at radius 2 is 1.20 bits per heavy atom. The number of unbranched alkanes of at least 4 members (excludes halogenated alkanes) is 2. The molecule has 0 heterocycles. The smallest absolute Gasteiger partial charge is 0.313 e. The van der Waals surface area contributed by atoms with Crippen molar-refractivity contribution < 1.29 is 39.9 Å². The molecule has 0 radical (unpaired) electrons. The van der Waals surface area contributed by atoms with Crippen molar-refractivity contribution in [1.29, 1.82) is 0 Å². The second-order valence-electron chi connectivity index (χ2n) is 12.6. The predicted molar refractivity (Wildman–Crippen MR) is 157 cm³/mol. The molecule has 45 heavy (non-hydrogen) atoms. The number of alkyl halides is 2. The van der Waals surface area contributed by atoms with E-state index in [9.17, 15) is 17.6 Å². The minimum absolute atomic E-state index is 0.000677. The summed E-state index contributed by atoms with van der Waals surface area (Å²) < 4.78 is 121. The number of hydrogen-bond donors (Lipinski definition) is 0. The minimum Gasteiger partial charge on any atom is -0.313 e. The molecule has 2 fully saturated rings. The molecule has 0 unspecified atom stereocenters. The van der Waals surface area contributed by atoms with E-state index in [-0.39, 0.29) is 41.4 Å². The fraction of sp³-hybridized carbons (Fsp3) is 0.500. The Hall–Kier alpha value is -2.94. The predicted octanol–water partition coefficient (Wildman–Crippen LogP) is 11.8. The molecular formula is C36H38F8O. The maximum absolute atomic E-state index is 15.3. The maximum atomic E-state index is 15.3. The first kappa shape index (κ1) is 33.4. The largest absolute Gasteiger partial charge is 0.383 e. The van der Waals surface area contributed by atoms with Gasteiger partial charge in [0.15, 0.2) is 29.1 Å². The molecule has 0 aromatic heterocycles. The Morgan fingerprint density at radius 1 is 0.644 bits per heavy atom. The molecule has 1 nitrogen and oxygen atoms in total. The molecule has 2 saturated carbocycles. The number of ether oxygens (including phenoxy) is 1. The van der Waals surface area contributed by atoms with Crippen LogP contribution in [0.25, 0.3) is 11.1 Å². The molecule has 244 valence electrons. The van der Waals surface area contributed by atoms with Gasteiger partial charge in [0.1, 0.15) is 5.82 Å². The Labute approximate surface area is 259 Å². The highest BCUT2D eigenvalue weighted by Gasteiger charge is 2.39. The van der Waals surface area contributed by atoms with Gasteiger partial charge < -0.3 is 4.74 Å². The van der Waals surface area contributed by atoms with Crippen molar-refractivity contribution in [2.45, 2.75) is 108 Å². The van der Waals surface area contributed by atoms with Gasteiger partial charge in [0.25, 0.3) is 0 Å². The lowest BCUT2D eigenvalue weighted by atomic mass is 9.76. The lowest BCUT2D eigenvalue weighted by molar-refractivity contribution is -0.277. The summed E-state index contributed by atoms with van der Waals surface area (Å²) in [5, 5.41) is 0. The highest BCUT2D eigenvalue weighted by Crippen LogP contribution is 2.43. The van der Waals surface area contributed by atoms with Crippen LogP contribution in [0.1, 0.15) is 112 Å². The molecule has 2 aliphatic rings. The standard InChI is InChI=1S/C36H38F8O/c1-2-3-4-5-21-6-8-22(9-7-21)28-16-17-29(34(41)33(28)40)23-10-13-26(14-11-23)45-36(43,44)25-12-15-27(30(37)20-25)24-18-31(38)35(42)32(39)19-24/h12,15-23,26H,2-11,13-14H2,1H3. The van der Waals surface area contributed by atoms with Crippen molar-refractivity contribution in [3.05, 3.63) is 94.1 Å². The highest BCUT2D eigenvalue weighted by molar-refractivity contribution is 5.65. The first-order valence-corrected chi connectivity index (χ1v) is 16.0. The topological polar surface area (TPSA) is 9.23 Å². The zero-order chi connectivity index (χ0) is 32.3. The quantitative estimate of drug-likeness (QED) is 0.122. The number of rotatable bonds is 10. The van der Waals surface area contributed by atoms with Crippen LogP contribution >= 0.6 is 0 Å². The van der Waals surface area contributed by atoms with Gasteiger partial charge in [0.05, 0.1) is 11.7 Å². The molecule has 0 atom stereocenters. The van der Waals surface area contributed by atoms with Crippen molar-refractivity contribution in [2.24, 2.45) is 5.92 Å². The van der Waals surface area contributed by atoms with E-state index in [0.717, 1.165) is 37.8 Å². The Morgan fingerprint density at radius 3 is 1.73 bits per heavy atom. The summed E-state index contributed by atoms with van der Waals surface area (Å²) in [6.07, 6.45) is 4.72. The third-order valence-corrected chi connectivity index (χ3v) is 9.67. The Balaban J connectivity index is 1.18. The van der Waals surface area contributed by atoms with E-state index in [4.69, 9.17) is 4.74 Å². The van der Waals surface area contributed by atoms with Gasteiger partial charge in [0.2, 0.25) is 0 Å². The van der Waals surface area contributed by atoms with Crippen LogP contribution in [0.15, 0.2) is 42.5 Å². The van der Waals surface area contributed by atoms with Crippen molar-refractivity contribution >= 4 is 0 Å². The van der Waals surface area contributed by atoms with E-state index in [1.807, 2.05) is 0 Å².